The van der Waals surface area contributed by atoms with Gasteiger partial charge >= 0.3 is 5.97 Å². The van der Waals surface area contributed by atoms with Gasteiger partial charge in [0.1, 0.15) is 0 Å². The van der Waals surface area contributed by atoms with Gasteiger partial charge in [-0.25, -0.2) is 4.79 Å². The molecule has 1 unspecified atom stereocenters. The predicted molar refractivity (Wildman–Crippen MR) is 95.4 cm³/mol. The standard InChI is InChI=1S/C20H27NO3/c1-4-17-13-18(20(22)24-5-2)15-21(12-11-19(17)23-3)14-16-9-7-6-8-10-16/h6-10,13,15,19H,4-5,11-12,14H2,1-3H3/b17-13-,18-15+. The maximum Gasteiger partial charge on any atom is 0.339 e. The fourth-order valence-electron chi connectivity index (χ4n) is 2.93. The van der Waals surface area contributed by atoms with Crippen LogP contribution in [0.1, 0.15) is 32.3 Å². The summed E-state index contributed by atoms with van der Waals surface area (Å²) >= 11 is 0. The molecule has 1 aliphatic rings. The molecule has 0 radical (unpaired) electrons. The summed E-state index contributed by atoms with van der Waals surface area (Å²) in [5.41, 5.74) is 2.94. The Bertz CT molecular complexity index is 592. The molecule has 0 saturated carbocycles. The van der Waals surface area contributed by atoms with Gasteiger partial charge < -0.3 is 14.4 Å². The van der Waals surface area contributed by atoms with Gasteiger partial charge in [0.05, 0.1) is 18.3 Å². The van der Waals surface area contributed by atoms with Crippen molar-refractivity contribution in [2.45, 2.75) is 39.3 Å². The molecule has 1 aliphatic heterocycles. The van der Waals surface area contributed by atoms with Gasteiger partial charge in [0.2, 0.25) is 0 Å². The Morgan fingerprint density at radius 1 is 1.25 bits per heavy atom. The van der Waals surface area contributed by atoms with Crippen molar-refractivity contribution in [2.24, 2.45) is 0 Å². The number of rotatable bonds is 6. The van der Waals surface area contributed by atoms with Crippen LogP contribution in [0.25, 0.3) is 0 Å². The van der Waals surface area contributed by atoms with Gasteiger partial charge in [0.25, 0.3) is 0 Å². The third-order valence-electron chi connectivity index (χ3n) is 4.19. The van der Waals surface area contributed by atoms with E-state index in [1.54, 1.807) is 7.11 Å². The van der Waals surface area contributed by atoms with Crippen molar-refractivity contribution < 1.29 is 14.3 Å². The van der Waals surface area contributed by atoms with Gasteiger partial charge in [0, 0.05) is 26.4 Å². The van der Waals surface area contributed by atoms with Crippen LogP contribution in [0, 0.1) is 0 Å². The van der Waals surface area contributed by atoms with Crippen LogP contribution in [0.4, 0.5) is 0 Å². The van der Waals surface area contributed by atoms with Crippen LogP contribution in [0.5, 0.6) is 0 Å². The Hall–Kier alpha value is -2.07. The fraction of sp³-hybridized carbons (Fsp3) is 0.450. The number of hydrogen-bond acceptors (Lipinski definition) is 4. The van der Waals surface area contributed by atoms with Crippen molar-refractivity contribution in [3.63, 3.8) is 0 Å². The lowest BCUT2D eigenvalue weighted by Gasteiger charge is -2.28. The molecule has 0 saturated heterocycles. The summed E-state index contributed by atoms with van der Waals surface area (Å²) in [4.78, 5) is 14.5. The number of nitrogens with zero attached hydrogens (tertiary/aromatic N) is 1. The summed E-state index contributed by atoms with van der Waals surface area (Å²) in [5, 5.41) is 0. The zero-order valence-electron chi connectivity index (χ0n) is 14.8. The molecule has 1 aromatic carbocycles. The first-order valence-electron chi connectivity index (χ1n) is 8.58. The van der Waals surface area contributed by atoms with Crippen molar-refractivity contribution in [1.82, 2.24) is 4.90 Å². The molecule has 4 heteroatoms. The van der Waals surface area contributed by atoms with E-state index in [0.29, 0.717) is 12.2 Å². The summed E-state index contributed by atoms with van der Waals surface area (Å²) in [6, 6.07) is 10.3. The van der Waals surface area contributed by atoms with Gasteiger partial charge in [-0.2, -0.15) is 0 Å². The molecule has 2 rings (SSSR count). The molecule has 1 aromatic rings. The molecular weight excluding hydrogens is 302 g/mol. The maximum absolute atomic E-state index is 12.3. The predicted octanol–water partition coefficient (Wildman–Crippen LogP) is 3.69. The van der Waals surface area contributed by atoms with Crippen LogP contribution in [0.3, 0.4) is 0 Å². The van der Waals surface area contributed by atoms with Gasteiger partial charge in [-0.3, -0.25) is 0 Å². The number of hydrogen-bond donors (Lipinski definition) is 0. The molecular formula is C20H27NO3. The Kier molecular flexibility index (Phi) is 7.07. The van der Waals surface area contributed by atoms with E-state index in [4.69, 9.17) is 9.47 Å². The van der Waals surface area contributed by atoms with Gasteiger partial charge in [0.15, 0.2) is 0 Å². The number of methoxy groups -OCH3 is 1. The van der Waals surface area contributed by atoms with Crippen molar-refractivity contribution in [2.75, 3.05) is 20.3 Å². The first-order valence-corrected chi connectivity index (χ1v) is 8.58. The zero-order chi connectivity index (χ0) is 17.4. The van der Waals surface area contributed by atoms with Crippen LogP contribution in [-0.4, -0.2) is 37.2 Å². The van der Waals surface area contributed by atoms with E-state index >= 15 is 0 Å². The highest BCUT2D eigenvalue weighted by Crippen LogP contribution is 2.22. The highest BCUT2D eigenvalue weighted by Gasteiger charge is 2.20. The smallest absolute Gasteiger partial charge is 0.339 e. The average Bonchev–Trinajstić information content (AvgIpc) is 2.58. The molecule has 4 nitrogen and oxygen atoms in total. The Balaban J connectivity index is 2.30. The molecule has 0 amide bonds. The highest BCUT2D eigenvalue weighted by molar-refractivity contribution is 5.91. The SMILES string of the molecule is CCOC(=O)C1=C/N(Cc2ccccc2)CCC(OC)/C(CC)=C\1. The van der Waals surface area contributed by atoms with Crippen molar-refractivity contribution in [3.05, 3.63) is 59.3 Å². The van der Waals surface area contributed by atoms with E-state index in [1.807, 2.05) is 37.4 Å². The fourth-order valence-corrected chi connectivity index (χ4v) is 2.93. The van der Waals surface area contributed by atoms with Gasteiger partial charge in [-0.1, -0.05) is 37.3 Å². The van der Waals surface area contributed by atoms with Crippen molar-refractivity contribution in [1.29, 1.82) is 0 Å². The van der Waals surface area contributed by atoms with Crippen LogP contribution in [0.2, 0.25) is 0 Å². The van der Waals surface area contributed by atoms with E-state index in [-0.39, 0.29) is 12.1 Å². The monoisotopic (exact) mass is 329 g/mol. The third-order valence-corrected chi connectivity index (χ3v) is 4.19. The average molecular weight is 329 g/mol. The summed E-state index contributed by atoms with van der Waals surface area (Å²) < 4.78 is 10.9. The minimum absolute atomic E-state index is 0.0337. The van der Waals surface area contributed by atoms with E-state index < -0.39 is 0 Å². The number of esters is 1. The Morgan fingerprint density at radius 2 is 2.00 bits per heavy atom. The highest BCUT2D eigenvalue weighted by atomic mass is 16.5. The van der Waals surface area contributed by atoms with E-state index in [9.17, 15) is 4.79 Å². The molecule has 130 valence electrons. The first-order chi connectivity index (χ1) is 11.7. The number of carbonyl (C=O) groups is 1. The maximum atomic E-state index is 12.3. The lowest BCUT2D eigenvalue weighted by molar-refractivity contribution is -0.138. The van der Waals surface area contributed by atoms with E-state index in [1.165, 1.54) is 5.56 Å². The Morgan fingerprint density at radius 3 is 2.62 bits per heavy atom. The van der Waals surface area contributed by atoms with Crippen molar-refractivity contribution >= 4 is 5.97 Å². The number of carbonyl (C=O) groups excluding carboxylic acids is 1. The van der Waals surface area contributed by atoms with Crippen LogP contribution >= 0.6 is 0 Å². The van der Waals surface area contributed by atoms with Crippen molar-refractivity contribution in [3.8, 4) is 0 Å². The zero-order valence-corrected chi connectivity index (χ0v) is 14.8. The minimum Gasteiger partial charge on any atom is -0.462 e. The molecule has 0 spiro atoms. The van der Waals surface area contributed by atoms with Crippen LogP contribution in [-0.2, 0) is 20.8 Å². The molecule has 0 fully saturated rings. The lowest BCUT2D eigenvalue weighted by Crippen LogP contribution is -2.28. The first kappa shape index (κ1) is 18.3. The quantitative estimate of drug-likeness (QED) is 0.746. The summed E-state index contributed by atoms with van der Waals surface area (Å²) in [6.45, 7) is 5.87. The van der Waals surface area contributed by atoms with Crippen LogP contribution in [0.15, 0.2) is 53.8 Å². The summed E-state index contributed by atoms with van der Waals surface area (Å²) in [5.74, 6) is -0.279. The third kappa shape index (κ3) is 4.96. The molecule has 0 aromatic heterocycles. The minimum atomic E-state index is -0.279. The molecule has 0 N–H and O–H groups in total. The number of ether oxygens (including phenoxy) is 2. The topological polar surface area (TPSA) is 38.8 Å². The largest absolute Gasteiger partial charge is 0.462 e. The molecule has 1 atom stereocenters. The van der Waals surface area contributed by atoms with E-state index in [2.05, 4.69) is 24.0 Å². The van der Waals surface area contributed by atoms with E-state index in [0.717, 1.165) is 31.5 Å². The van der Waals surface area contributed by atoms with Gasteiger partial charge in [-0.15, -0.1) is 0 Å². The molecule has 0 aliphatic carbocycles. The lowest BCUT2D eigenvalue weighted by atomic mass is 9.99. The number of benzene rings is 1. The second-order valence-corrected chi connectivity index (χ2v) is 5.85. The second kappa shape index (κ2) is 9.28. The molecule has 0 bridgehead atoms. The van der Waals surface area contributed by atoms with Crippen LogP contribution < -0.4 is 0 Å². The second-order valence-electron chi connectivity index (χ2n) is 5.85. The molecule has 1 heterocycles. The van der Waals surface area contributed by atoms with Gasteiger partial charge in [-0.05, 0) is 37.0 Å². The summed E-state index contributed by atoms with van der Waals surface area (Å²) in [7, 11) is 1.73. The summed E-state index contributed by atoms with van der Waals surface area (Å²) in [6.07, 6.45) is 5.64. The Labute approximate surface area is 144 Å². The molecule has 24 heavy (non-hydrogen) atoms. The normalized spacial score (nSPS) is 22.6.